The molecule has 2 aromatic rings. The van der Waals surface area contributed by atoms with E-state index in [-0.39, 0.29) is 11.5 Å². The van der Waals surface area contributed by atoms with Crippen LogP contribution in [-0.4, -0.2) is 31.3 Å². The molecule has 0 bridgehead atoms. The van der Waals surface area contributed by atoms with Gasteiger partial charge in [0.05, 0.1) is 10.9 Å². The van der Waals surface area contributed by atoms with Gasteiger partial charge in [-0.1, -0.05) is 23.1 Å². The maximum atomic E-state index is 12.1. The molecule has 0 fully saturated rings. The SMILES string of the molecule is C[C@H](Sc1nc2c(c(=O)[nH]1)CCCC2)C(=O)Nc1nncs1. The first-order chi connectivity index (χ1) is 10.6. The topological polar surface area (TPSA) is 101 Å². The summed E-state index contributed by atoms with van der Waals surface area (Å²) < 4.78 is 0. The first kappa shape index (κ1) is 15.2. The Morgan fingerprint density at radius 1 is 1.45 bits per heavy atom. The summed E-state index contributed by atoms with van der Waals surface area (Å²) in [5, 5.41) is 10.7. The number of rotatable bonds is 4. The molecule has 2 aromatic heterocycles. The van der Waals surface area contributed by atoms with Crippen molar-refractivity contribution in [1.29, 1.82) is 0 Å². The van der Waals surface area contributed by atoms with Gasteiger partial charge in [-0.05, 0) is 32.6 Å². The number of aryl methyl sites for hydroxylation is 1. The van der Waals surface area contributed by atoms with E-state index in [1.165, 1.54) is 23.1 Å². The molecule has 0 spiro atoms. The fourth-order valence-corrected chi connectivity index (χ4v) is 3.56. The van der Waals surface area contributed by atoms with Crippen molar-refractivity contribution in [2.75, 3.05) is 5.32 Å². The summed E-state index contributed by atoms with van der Waals surface area (Å²) in [7, 11) is 0. The van der Waals surface area contributed by atoms with E-state index in [1.807, 2.05) is 0 Å². The number of aromatic amines is 1. The van der Waals surface area contributed by atoms with Crippen LogP contribution in [0.3, 0.4) is 0 Å². The van der Waals surface area contributed by atoms with Crippen LogP contribution >= 0.6 is 23.1 Å². The van der Waals surface area contributed by atoms with Crippen molar-refractivity contribution in [3.63, 3.8) is 0 Å². The first-order valence-electron chi connectivity index (χ1n) is 6.99. The van der Waals surface area contributed by atoms with E-state index in [0.29, 0.717) is 10.3 Å². The predicted octanol–water partition coefficient (Wildman–Crippen LogP) is 1.62. The van der Waals surface area contributed by atoms with Crippen LogP contribution in [0, 0.1) is 0 Å². The van der Waals surface area contributed by atoms with Gasteiger partial charge < -0.3 is 4.98 Å². The van der Waals surface area contributed by atoms with Gasteiger partial charge in [-0.2, -0.15) is 0 Å². The van der Waals surface area contributed by atoms with E-state index < -0.39 is 5.25 Å². The number of carbonyl (C=O) groups excluding carboxylic acids is 1. The number of hydrogen-bond donors (Lipinski definition) is 2. The van der Waals surface area contributed by atoms with E-state index in [4.69, 9.17) is 0 Å². The summed E-state index contributed by atoms with van der Waals surface area (Å²) in [6, 6.07) is 0. The molecule has 3 rings (SSSR count). The molecule has 9 heteroatoms. The number of nitrogens with zero attached hydrogens (tertiary/aromatic N) is 3. The molecule has 1 aliphatic rings. The maximum Gasteiger partial charge on any atom is 0.254 e. The average molecular weight is 337 g/mol. The Bertz CT molecular complexity index is 729. The number of aromatic nitrogens is 4. The Hall–Kier alpha value is -1.74. The van der Waals surface area contributed by atoms with Gasteiger partial charge in [-0.25, -0.2) is 4.98 Å². The van der Waals surface area contributed by atoms with Gasteiger partial charge in [0.25, 0.3) is 5.56 Å². The van der Waals surface area contributed by atoms with Crippen molar-refractivity contribution >= 4 is 34.1 Å². The van der Waals surface area contributed by atoms with Crippen LogP contribution in [0.5, 0.6) is 0 Å². The Morgan fingerprint density at radius 3 is 3.05 bits per heavy atom. The number of fused-ring (bicyclic) bond motifs is 1. The highest BCUT2D eigenvalue weighted by molar-refractivity contribution is 8.00. The zero-order chi connectivity index (χ0) is 15.5. The molecule has 2 N–H and O–H groups in total. The highest BCUT2D eigenvalue weighted by Crippen LogP contribution is 2.23. The quantitative estimate of drug-likeness (QED) is 0.649. The zero-order valence-electron chi connectivity index (χ0n) is 12.0. The number of anilines is 1. The van der Waals surface area contributed by atoms with E-state index in [0.717, 1.165) is 36.9 Å². The summed E-state index contributed by atoms with van der Waals surface area (Å²) >= 11 is 2.50. The average Bonchev–Trinajstić information content (AvgIpc) is 3.00. The molecule has 0 saturated carbocycles. The first-order valence-corrected chi connectivity index (χ1v) is 8.75. The Balaban J connectivity index is 1.71. The molecule has 0 saturated heterocycles. The largest absolute Gasteiger partial charge is 0.301 e. The molecular weight excluding hydrogens is 322 g/mol. The molecular formula is C13H15N5O2S2. The smallest absolute Gasteiger partial charge is 0.254 e. The molecule has 0 radical (unpaired) electrons. The molecule has 1 atom stereocenters. The minimum atomic E-state index is -0.395. The summed E-state index contributed by atoms with van der Waals surface area (Å²) in [5.41, 5.74) is 3.13. The third-order valence-corrected chi connectivity index (χ3v) is 5.01. The Labute approximate surface area is 135 Å². The molecule has 22 heavy (non-hydrogen) atoms. The third-order valence-electron chi connectivity index (χ3n) is 3.42. The van der Waals surface area contributed by atoms with Gasteiger partial charge in [0.15, 0.2) is 5.16 Å². The van der Waals surface area contributed by atoms with E-state index in [2.05, 4.69) is 25.5 Å². The van der Waals surface area contributed by atoms with Crippen LogP contribution in [-0.2, 0) is 17.6 Å². The number of nitrogens with one attached hydrogen (secondary N) is 2. The van der Waals surface area contributed by atoms with Crippen molar-refractivity contribution in [2.45, 2.75) is 43.0 Å². The number of hydrogen-bond acceptors (Lipinski definition) is 7. The Morgan fingerprint density at radius 2 is 2.27 bits per heavy atom. The highest BCUT2D eigenvalue weighted by Gasteiger charge is 2.20. The van der Waals surface area contributed by atoms with Gasteiger partial charge in [-0.15, -0.1) is 10.2 Å². The lowest BCUT2D eigenvalue weighted by Gasteiger charge is -2.15. The van der Waals surface area contributed by atoms with Crippen LogP contribution in [0.2, 0.25) is 0 Å². The zero-order valence-corrected chi connectivity index (χ0v) is 13.6. The van der Waals surface area contributed by atoms with E-state index in [9.17, 15) is 9.59 Å². The molecule has 2 heterocycles. The summed E-state index contributed by atoms with van der Waals surface area (Å²) in [5.74, 6) is -0.192. The molecule has 0 aromatic carbocycles. The standard InChI is InChI=1S/C13H15N5O2S2/c1-7(10(19)16-13-18-14-6-21-13)22-12-15-9-5-3-2-4-8(9)11(20)17-12/h6-7H,2-5H2,1H3,(H,15,17,20)(H,16,18,19)/t7-/m0/s1. The van der Waals surface area contributed by atoms with Gasteiger partial charge >= 0.3 is 0 Å². The van der Waals surface area contributed by atoms with Crippen molar-refractivity contribution in [2.24, 2.45) is 0 Å². The van der Waals surface area contributed by atoms with Gasteiger partial charge in [0.2, 0.25) is 11.0 Å². The molecule has 116 valence electrons. The van der Waals surface area contributed by atoms with E-state index in [1.54, 1.807) is 12.4 Å². The van der Waals surface area contributed by atoms with Gasteiger partial charge in [0, 0.05) is 5.56 Å². The van der Waals surface area contributed by atoms with Gasteiger partial charge in [0.1, 0.15) is 5.51 Å². The molecule has 7 nitrogen and oxygen atoms in total. The number of carbonyl (C=O) groups is 1. The molecule has 0 unspecified atom stereocenters. The van der Waals surface area contributed by atoms with Crippen LogP contribution in [0.25, 0.3) is 0 Å². The number of H-pyrrole nitrogens is 1. The van der Waals surface area contributed by atoms with Crippen molar-refractivity contribution in [1.82, 2.24) is 20.2 Å². The lowest BCUT2D eigenvalue weighted by molar-refractivity contribution is -0.115. The predicted molar refractivity (Wildman–Crippen MR) is 85.4 cm³/mol. The van der Waals surface area contributed by atoms with E-state index >= 15 is 0 Å². The molecule has 0 aliphatic heterocycles. The monoisotopic (exact) mass is 337 g/mol. The summed E-state index contributed by atoms with van der Waals surface area (Å²) in [6.07, 6.45) is 3.71. The van der Waals surface area contributed by atoms with Crippen LogP contribution < -0.4 is 10.9 Å². The minimum Gasteiger partial charge on any atom is -0.301 e. The lowest BCUT2D eigenvalue weighted by Crippen LogP contribution is -2.25. The van der Waals surface area contributed by atoms with Crippen molar-refractivity contribution in [3.05, 3.63) is 27.1 Å². The minimum absolute atomic E-state index is 0.0797. The second kappa shape index (κ2) is 6.57. The second-order valence-electron chi connectivity index (χ2n) is 5.00. The Kier molecular flexibility index (Phi) is 4.53. The number of amides is 1. The van der Waals surface area contributed by atoms with Crippen LogP contribution in [0.1, 0.15) is 31.0 Å². The third kappa shape index (κ3) is 3.36. The van der Waals surface area contributed by atoms with Gasteiger partial charge in [-0.3, -0.25) is 14.9 Å². The van der Waals surface area contributed by atoms with Crippen LogP contribution in [0.4, 0.5) is 5.13 Å². The highest BCUT2D eigenvalue weighted by atomic mass is 32.2. The summed E-state index contributed by atoms with van der Waals surface area (Å²) in [4.78, 5) is 31.4. The molecule has 1 aliphatic carbocycles. The lowest BCUT2D eigenvalue weighted by atomic mass is 9.97. The fraction of sp³-hybridized carbons (Fsp3) is 0.462. The second-order valence-corrected chi connectivity index (χ2v) is 7.16. The number of thioether (sulfide) groups is 1. The van der Waals surface area contributed by atoms with Crippen LogP contribution in [0.15, 0.2) is 15.5 Å². The fourth-order valence-electron chi connectivity index (χ4n) is 2.29. The normalized spacial score (nSPS) is 15.1. The van der Waals surface area contributed by atoms with Crippen molar-refractivity contribution < 1.29 is 4.79 Å². The van der Waals surface area contributed by atoms with Crippen molar-refractivity contribution in [3.8, 4) is 0 Å². The molecule has 1 amide bonds. The maximum absolute atomic E-state index is 12.1. The summed E-state index contributed by atoms with van der Waals surface area (Å²) in [6.45, 7) is 1.76.